The Balaban J connectivity index is 1.37. The molecule has 0 aliphatic carbocycles. The molecule has 0 radical (unpaired) electrons. The van der Waals surface area contributed by atoms with Crippen LogP contribution in [-0.2, 0) is 20.7 Å². The van der Waals surface area contributed by atoms with E-state index in [4.69, 9.17) is 14.6 Å². The molecule has 0 unspecified atom stereocenters. The number of nitrogens with one attached hydrogen (secondary N) is 1. The van der Waals surface area contributed by atoms with Gasteiger partial charge in [0.05, 0.1) is 13.7 Å². The molecule has 11 nitrogen and oxygen atoms in total. The summed E-state index contributed by atoms with van der Waals surface area (Å²) in [5.74, 6) is 1.57. The first-order valence-corrected chi connectivity index (χ1v) is 11.8. The number of rotatable bonds is 9. The first-order chi connectivity index (χ1) is 17.0. The van der Waals surface area contributed by atoms with Crippen LogP contribution in [0.3, 0.4) is 0 Å². The van der Waals surface area contributed by atoms with E-state index in [1.807, 2.05) is 30.3 Å². The van der Waals surface area contributed by atoms with Gasteiger partial charge >= 0.3 is 5.97 Å². The lowest BCUT2D eigenvalue weighted by molar-refractivity contribution is -0.146. The number of carbonyl (C=O) groups is 2. The van der Waals surface area contributed by atoms with Crippen LogP contribution in [0.2, 0.25) is 0 Å². The maximum Gasteiger partial charge on any atom is 0.328 e. The summed E-state index contributed by atoms with van der Waals surface area (Å²) in [5, 5.41) is 15.8. The highest BCUT2D eigenvalue weighted by molar-refractivity contribution is 5.84. The van der Waals surface area contributed by atoms with Crippen molar-refractivity contribution >= 4 is 29.0 Å². The van der Waals surface area contributed by atoms with Crippen LogP contribution in [-0.4, -0.2) is 77.6 Å². The maximum absolute atomic E-state index is 12.3. The predicted molar refractivity (Wildman–Crippen MR) is 131 cm³/mol. The Morgan fingerprint density at radius 1 is 1.09 bits per heavy atom. The van der Waals surface area contributed by atoms with Crippen molar-refractivity contribution in [2.24, 2.45) is 0 Å². The first kappa shape index (κ1) is 24.2. The fourth-order valence-corrected chi connectivity index (χ4v) is 4.01. The average Bonchev–Trinajstić information content (AvgIpc) is 3.30. The van der Waals surface area contributed by atoms with Gasteiger partial charge in [0.15, 0.2) is 11.5 Å². The number of ether oxygens (including phenoxy) is 2. The lowest BCUT2D eigenvalue weighted by Crippen LogP contribution is -2.47. The molecular formula is C24H31N7O4. The number of hydrogen-bond donors (Lipinski definition) is 1. The number of aryl methyl sites for hydroxylation is 1. The topological polar surface area (TPSA) is 114 Å². The summed E-state index contributed by atoms with van der Waals surface area (Å²) in [7, 11) is 1.68. The molecule has 1 amide bonds. The Morgan fingerprint density at radius 2 is 1.86 bits per heavy atom. The fraction of sp³-hybridized carbons (Fsp3) is 0.458. The molecule has 3 heterocycles. The molecule has 0 saturated carbocycles. The lowest BCUT2D eigenvalue weighted by atomic mass is 10.2. The molecule has 2 aromatic heterocycles. The second-order valence-corrected chi connectivity index (χ2v) is 8.29. The van der Waals surface area contributed by atoms with Crippen molar-refractivity contribution in [1.29, 1.82) is 0 Å². The molecule has 4 rings (SSSR count). The Labute approximate surface area is 204 Å². The van der Waals surface area contributed by atoms with Crippen LogP contribution >= 0.6 is 0 Å². The molecular weight excluding hydrogens is 450 g/mol. The number of hydrogen-bond acceptors (Lipinski definition) is 9. The van der Waals surface area contributed by atoms with Crippen LogP contribution in [0.5, 0.6) is 5.75 Å². The van der Waals surface area contributed by atoms with Crippen LogP contribution < -0.4 is 19.9 Å². The Hall–Kier alpha value is -3.89. The summed E-state index contributed by atoms with van der Waals surface area (Å²) >= 11 is 0. The highest BCUT2D eigenvalue weighted by Crippen LogP contribution is 2.23. The lowest BCUT2D eigenvalue weighted by Gasteiger charge is -2.36. The molecule has 1 aliphatic heterocycles. The van der Waals surface area contributed by atoms with Gasteiger partial charge in [0.1, 0.15) is 17.6 Å². The third-order valence-electron chi connectivity index (χ3n) is 5.93. The molecule has 1 atom stereocenters. The second-order valence-electron chi connectivity index (χ2n) is 8.29. The molecule has 3 aromatic rings. The van der Waals surface area contributed by atoms with Gasteiger partial charge in [0.2, 0.25) is 5.91 Å². The monoisotopic (exact) mass is 481 g/mol. The van der Waals surface area contributed by atoms with Gasteiger partial charge in [-0.1, -0.05) is 6.07 Å². The zero-order chi connectivity index (χ0) is 24.8. The smallest absolute Gasteiger partial charge is 0.328 e. The Morgan fingerprint density at radius 3 is 2.60 bits per heavy atom. The minimum atomic E-state index is -0.696. The minimum Gasteiger partial charge on any atom is -0.497 e. The maximum atomic E-state index is 12.3. The van der Waals surface area contributed by atoms with Crippen molar-refractivity contribution in [2.75, 3.05) is 49.7 Å². The molecule has 35 heavy (non-hydrogen) atoms. The van der Waals surface area contributed by atoms with Gasteiger partial charge in [-0.2, -0.15) is 4.52 Å². The second kappa shape index (κ2) is 11.0. The van der Waals surface area contributed by atoms with Crippen molar-refractivity contribution in [1.82, 2.24) is 25.1 Å². The van der Waals surface area contributed by atoms with Crippen LogP contribution in [0.1, 0.15) is 26.1 Å². The number of aromatic nitrogens is 4. The fourth-order valence-electron chi connectivity index (χ4n) is 4.01. The van der Waals surface area contributed by atoms with Crippen molar-refractivity contribution in [3.63, 3.8) is 0 Å². The number of piperazine rings is 1. The van der Waals surface area contributed by atoms with Gasteiger partial charge in [-0.25, -0.2) is 4.79 Å². The van der Waals surface area contributed by atoms with Crippen LogP contribution in [0, 0.1) is 0 Å². The molecule has 1 fully saturated rings. The number of benzene rings is 1. The zero-order valence-corrected chi connectivity index (χ0v) is 20.3. The summed E-state index contributed by atoms with van der Waals surface area (Å²) in [6.07, 6.45) is 0.512. The van der Waals surface area contributed by atoms with Crippen molar-refractivity contribution in [3.8, 4) is 5.75 Å². The summed E-state index contributed by atoms with van der Waals surface area (Å²) in [6, 6.07) is 11.2. The summed E-state index contributed by atoms with van der Waals surface area (Å²) in [4.78, 5) is 28.6. The van der Waals surface area contributed by atoms with E-state index in [-0.39, 0.29) is 18.9 Å². The van der Waals surface area contributed by atoms with E-state index in [0.717, 1.165) is 43.4 Å². The molecule has 1 N–H and O–H groups in total. The Kier molecular flexibility index (Phi) is 7.64. The van der Waals surface area contributed by atoms with E-state index < -0.39 is 12.0 Å². The van der Waals surface area contributed by atoms with Gasteiger partial charge in [-0.05, 0) is 38.1 Å². The number of nitrogens with zero attached hydrogens (tertiary/aromatic N) is 6. The third-order valence-corrected chi connectivity index (χ3v) is 5.93. The molecule has 0 spiro atoms. The van der Waals surface area contributed by atoms with E-state index in [1.54, 1.807) is 25.5 Å². The SMILES string of the molecule is CCOC(=O)[C@H](C)NC(=O)CCc1nnc2ccc(N3CCN(c4cccc(OC)c4)CC3)nn12. The molecule has 1 saturated heterocycles. The highest BCUT2D eigenvalue weighted by Gasteiger charge is 2.21. The van der Waals surface area contributed by atoms with Crippen LogP contribution in [0.15, 0.2) is 36.4 Å². The average molecular weight is 482 g/mol. The predicted octanol–water partition coefficient (Wildman–Crippen LogP) is 1.46. The van der Waals surface area contributed by atoms with Crippen molar-refractivity contribution in [3.05, 3.63) is 42.2 Å². The standard InChI is InChI=1S/C24H31N7O4/c1-4-35-24(33)17(2)25-23(32)11-10-21-27-26-20-8-9-22(28-31(20)21)30-14-12-29(13-15-30)18-6-5-7-19(16-18)34-3/h5-9,16-17H,4,10-15H2,1-3H3,(H,25,32)/t17-/m0/s1. The molecule has 186 valence electrons. The summed E-state index contributed by atoms with van der Waals surface area (Å²) < 4.78 is 12.0. The zero-order valence-electron chi connectivity index (χ0n) is 20.3. The van der Waals surface area contributed by atoms with E-state index in [1.165, 1.54) is 0 Å². The molecule has 0 bridgehead atoms. The van der Waals surface area contributed by atoms with E-state index in [0.29, 0.717) is 17.9 Å². The van der Waals surface area contributed by atoms with E-state index in [9.17, 15) is 9.59 Å². The van der Waals surface area contributed by atoms with Gasteiger partial charge in [0, 0.05) is 50.8 Å². The third kappa shape index (κ3) is 5.79. The highest BCUT2D eigenvalue weighted by atomic mass is 16.5. The summed E-state index contributed by atoms with van der Waals surface area (Å²) in [6.45, 7) is 6.97. The minimum absolute atomic E-state index is 0.162. The van der Waals surface area contributed by atoms with E-state index in [2.05, 4.69) is 31.4 Å². The number of methoxy groups -OCH3 is 1. The normalized spacial score (nSPS) is 14.6. The largest absolute Gasteiger partial charge is 0.497 e. The first-order valence-electron chi connectivity index (χ1n) is 11.8. The molecule has 11 heteroatoms. The number of carbonyl (C=O) groups excluding carboxylic acids is 2. The van der Waals surface area contributed by atoms with Crippen molar-refractivity contribution < 1.29 is 19.1 Å². The molecule has 1 aromatic carbocycles. The number of anilines is 2. The molecule has 1 aliphatic rings. The van der Waals surface area contributed by atoms with E-state index >= 15 is 0 Å². The quantitative estimate of drug-likeness (QED) is 0.454. The van der Waals surface area contributed by atoms with Crippen molar-refractivity contribution in [2.45, 2.75) is 32.7 Å². The number of amides is 1. The van der Waals surface area contributed by atoms with Crippen LogP contribution in [0.25, 0.3) is 5.65 Å². The van der Waals surface area contributed by atoms with Gasteiger partial charge < -0.3 is 24.6 Å². The van der Waals surface area contributed by atoms with Gasteiger partial charge in [0.25, 0.3) is 0 Å². The number of esters is 1. The number of fused-ring (bicyclic) bond motifs is 1. The summed E-state index contributed by atoms with van der Waals surface area (Å²) in [5.41, 5.74) is 1.77. The van der Waals surface area contributed by atoms with Gasteiger partial charge in [-0.3, -0.25) is 4.79 Å². The Bertz CT molecular complexity index is 1170. The van der Waals surface area contributed by atoms with Gasteiger partial charge in [-0.15, -0.1) is 15.3 Å². The van der Waals surface area contributed by atoms with Crippen LogP contribution in [0.4, 0.5) is 11.5 Å².